The van der Waals surface area contributed by atoms with Crippen LogP contribution < -0.4 is 11.2 Å². The molecule has 4 rings (SSSR count). The summed E-state index contributed by atoms with van der Waals surface area (Å²) in [5.74, 6) is -0.797. The number of piperidine rings is 1. The highest BCUT2D eigenvalue weighted by molar-refractivity contribution is 5.92. The summed E-state index contributed by atoms with van der Waals surface area (Å²) in [5.41, 5.74) is -2.94. The molecule has 0 bridgehead atoms. The monoisotopic (exact) mass is 447 g/mol. The first-order chi connectivity index (χ1) is 15.1. The van der Waals surface area contributed by atoms with E-state index >= 15 is 0 Å². The topological polar surface area (TPSA) is 90.1 Å². The molecule has 0 aliphatic carbocycles. The van der Waals surface area contributed by atoms with Gasteiger partial charge in [0.25, 0.3) is 11.5 Å². The third-order valence-electron chi connectivity index (χ3n) is 5.75. The summed E-state index contributed by atoms with van der Waals surface area (Å²) < 4.78 is 43.3. The van der Waals surface area contributed by atoms with Gasteiger partial charge in [0.1, 0.15) is 11.3 Å². The summed E-state index contributed by atoms with van der Waals surface area (Å²) in [6.45, 7) is 0.606. The summed E-state index contributed by atoms with van der Waals surface area (Å²) in [5, 5.41) is -0.650. The molecular formula is C21H20F3N5O3. The van der Waals surface area contributed by atoms with Crippen molar-refractivity contribution in [3.05, 3.63) is 68.3 Å². The second-order valence-electron chi connectivity index (χ2n) is 7.80. The molecule has 3 aromatic rings. The van der Waals surface area contributed by atoms with E-state index in [9.17, 15) is 27.6 Å². The molecule has 1 amide bonds. The fraction of sp³-hybridized carbons (Fsp3) is 0.381. The number of likely N-dealkylation sites (tertiary alicyclic amines) is 1. The first-order valence-corrected chi connectivity index (χ1v) is 9.97. The summed E-state index contributed by atoms with van der Waals surface area (Å²) in [6, 6.07) is 5.81. The van der Waals surface area contributed by atoms with Crippen LogP contribution in [-0.2, 0) is 20.3 Å². The number of rotatable bonds is 2. The highest BCUT2D eigenvalue weighted by atomic mass is 19.4. The third-order valence-corrected chi connectivity index (χ3v) is 5.75. The van der Waals surface area contributed by atoms with E-state index in [1.807, 2.05) is 0 Å². The number of carbonyl (C=O) groups is 1. The van der Waals surface area contributed by atoms with Gasteiger partial charge in [-0.15, -0.1) is 0 Å². The van der Waals surface area contributed by atoms with Crippen molar-refractivity contribution in [2.24, 2.45) is 14.1 Å². The summed E-state index contributed by atoms with van der Waals surface area (Å²) in [7, 11) is 2.40. The molecule has 11 heteroatoms. The van der Waals surface area contributed by atoms with Crippen LogP contribution in [0.1, 0.15) is 40.5 Å². The van der Waals surface area contributed by atoms with Gasteiger partial charge in [-0.25, -0.2) is 9.78 Å². The zero-order valence-electron chi connectivity index (χ0n) is 17.4. The zero-order chi connectivity index (χ0) is 23.2. The lowest BCUT2D eigenvalue weighted by molar-refractivity contribution is -0.136. The number of aryl methyl sites for hydroxylation is 1. The second-order valence-corrected chi connectivity index (χ2v) is 7.80. The SMILES string of the molecule is Cn1c(=O)c2c(C(F)(F)F)cc([C@H]3CCCN(C(=O)c4ccccn4)C3)nc2n(C)c1=O. The van der Waals surface area contributed by atoms with E-state index < -0.39 is 34.3 Å². The molecule has 0 unspecified atom stereocenters. The Morgan fingerprint density at radius 3 is 2.56 bits per heavy atom. The highest BCUT2D eigenvalue weighted by Crippen LogP contribution is 2.36. The summed E-state index contributed by atoms with van der Waals surface area (Å²) in [6.07, 6.45) is -2.24. The van der Waals surface area contributed by atoms with Crippen molar-refractivity contribution in [3.8, 4) is 0 Å². The van der Waals surface area contributed by atoms with E-state index in [1.165, 1.54) is 13.2 Å². The molecule has 1 atom stereocenters. The van der Waals surface area contributed by atoms with Gasteiger partial charge in [-0.1, -0.05) is 6.07 Å². The maximum absolute atomic E-state index is 13.9. The van der Waals surface area contributed by atoms with Gasteiger partial charge >= 0.3 is 11.9 Å². The minimum Gasteiger partial charge on any atom is -0.337 e. The van der Waals surface area contributed by atoms with Crippen molar-refractivity contribution in [1.82, 2.24) is 24.0 Å². The Hall–Kier alpha value is -3.50. The number of amides is 1. The quantitative estimate of drug-likeness (QED) is 0.600. The van der Waals surface area contributed by atoms with Gasteiger partial charge in [-0.3, -0.25) is 23.7 Å². The lowest BCUT2D eigenvalue weighted by Gasteiger charge is -2.32. The first-order valence-electron chi connectivity index (χ1n) is 9.97. The standard InChI is InChI=1S/C21H20F3N5O3/c1-27-17-16(19(31)28(2)20(27)32)13(21(22,23)24)10-15(26-17)12-6-5-9-29(11-12)18(30)14-7-3-4-8-25-14/h3-4,7-8,10,12H,5-6,9,11H2,1-2H3/t12-/m0/s1. The van der Waals surface area contributed by atoms with E-state index in [-0.39, 0.29) is 29.5 Å². The molecule has 0 spiro atoms. The van der Waals surface area contributed by atoms with Crippen LogP contribution in [0.2, 0.25) is 0 Å². The fourth-order valence-corrected chi connectivity index (χ4v) is 4.06. The Morgan fingerprint density at radius 1 is 1.16 bits per heavy atom. The van der Waals surface area contributed by atoms with Gasteiger partial charge in [0.05, 0.1) is 10.9 Å². The maximum Gasteiger partial charge on any atom is 0.417 e. The molecule has 8 nitrogen and oxygen atoms in total. The molecule has 4 heterocycles. The number of halogens is 3. The third kappa shape index (κ3) is 3.67. The van der Waals surface area contributed by atoms with Crippen LogP contribution in [-0.4, -0.2) is 43.0 Å². The van der Waals surface area contributed by atoms with Gasteiger partial charge in [-0.2, -0.15) is 13.2 Å². The average molecular weight is 447 g/mol. The van der Waals surface area contributed by atoms with E-state index in [4.69, 9.17) is 0 Å². The van der Waals surface area contributed by atoms with Crippen LogP contribution >= 0.6 is 0 Å². The number of pyridine rings is 2. The number of nitrogens with zero attached hydrogens (tertiary/aromatic N) is 5. The number of hydrogen-bond acceptors (Lipinski definition) is 5. The van der Waals surface area contributed by atoms with Crippen molar-refractivity contribution in [2.75, 3.05) is 13.1 Å². The molecule has 0 radical (unpaired) electrons. The van der Waals surface area contributed by atoms with Gasteiger partial charge in [0.2, 0.25) is 0 Å². The molecule has 0 N–H and O–H groups in total. The molecule has 32 heavy (non-hydrogen) atoms. The minimum absolute atomic E-state index is 0.0894. The van der Waals surface area contributed by atoms with E-state index in [2.05, 4.69) is 9.97 Å². The lowest BCUT2D eigenvalue weighted by Crippen LogP contribution is -2.40. The van der Waals surface area contributed by atoms with Crippen LogP contribution in [0.15, 0.2) is 40.1 Å². The van der Waals surface area contributed by atoms with Crippen molar-refractivity contribution < 1.29 is 18.0 Å². The summed E-state index contributed by atoms with van der Waals surface area (Å²) >= 11 is 0. The van der Waals surface area contributed by atoms with Crippen molar-refractivity contribution >= 4 is 16.9 Å². The molecule has 1 aliphatic heterocycles. The zero-order valence-corrected chi connectivity index (χ0v) is 17.4. The van der Waals surface area contributed by atoms with Crippen molar-refractivity contribution in [2.45, 2.75) is 24.9 Å². The number of carbonyl (C=O) groups excluding carboxylic acids is 1. The molecule has 0 aromatic carbocycles. The second kappa shape index (κ2) is 7.88. The van der Waals surface area contributed by atoms with Crippen LogP contribution in [0.25, 0.3) is 11.0 Å². The van der Waals surface area contributed by atoms with Gasteiger partial charge in [0, 0.05) is 45.0 Å². The molecule has 1 fully saturated rings. The Balaban J connectivity index is 1.82. The number of fused-ring (bicyclic) bond motifs is 1. The number of aromatic nitrogens is 4. The molecular weight excluding hydrogens is 427 g/mol. The maximum atomic E-state index is 13.9. The predicted octanol–water partition coefficient (Wildman–Crippen LogP) is 2.07. The predicted molar refractivity (Wildman–Crippen MR) is 109 cm³/mol. The number of hydrogen-bond donors (Lipinski definition) is 0. The average Bonchev–Trinajstić information content (AvgIpc) is 2.80. The molecule has 1 saturated heterocycles. The molecule has 1 aliphatic rings. The summed E-state index contributed by atoms with van der Waals surface area (Å²) in [4.78, 5) is 47.5. The molecule has 168 valence electrons. The Kier molecular flexibility index (Phi) is 5.35. The van der Waals surface area contributed by atoms with Crippen molar-refractivity contribution in [3.63, 3.8) is 0 Å². The van der Waals surface area contributed by atoms with Gasteiger partial charge in [-0.05, 0) is 31.0 Å². The van der Waals surface area contributed by atoms with E-state index in [0.717, 1.165) is 17.7 Å². The molecule has 0 saturated carbocycles. The normalized spacial score (nSPS) is 17.0. The van der Waals surface area contributed by atoms with Crippen LogP contribution in [0, 0.1) is 0 Å². The van der Waals surface area contributed by atoms with Crippen LogP contribution in [0.5, 0.6) is 0 Å². The first kappa shape index (κ1) is 21.7. The lowest BCUT2D eigenvalue weighted by atomic mass is 9.92. The highest BCUT2D eigenvalue weighted by Gasteiger charge is 2.37. The van der Waals surface area contributed by atoms with Crippen LogP contribution in [0.3, 0.4) is 0 Å². The minimum atomic E-state index is -4.82. The smallest absolute Gasteiger partial charge is 0.337 e. The Morgan fingerprint density at radius 2 is 1.91 bits per heavy atom. The Labute approximate surface area is 179 Å². The van der Waals surface area contributed by atoms with E-state index in [0.29, 0.717) is 24.0 Å². The van der Waals surface area contributed by atoms with Crippen LogP contribution in [0.4, 0.5) is 13.2 Å². The van der Waals surface area contributed by atoms with Gasteiger partial charge < -0.3 is 4.90 Å². The molecule has 3 aromatic heterocycles. The largest absolute Gasteiger partial charge is 0.417 e. The van der Waals surface area contributed by atoms with Crippen molar-refractivity contribution in [1.29, 1.82) is 0 Å². The fourth-order valence-electron chi connectivity index (χ4n) is 4.06. The van der Waals surface area contributed by atoms with Gasteiger partial charge in [0.15, 0.2) is 0 Å². The Bertz CT molecular complexity index is 1310. The van der Waals surface area contributed by atoms with E-state index in [1.54, 1.807) is 23.1 Å². The number of alkyl halides is 3.